The Kier molecular flexibility index (Phi) is 8.25. The van der Waals surface area contributed by atoms with Crippen molar-refractivity contribution in [3.05, 3.63) is 82.0 Å². The summed E-state index contributed by atoms with van der Waals surface area (Å²) in [7, 11) is -4.51. The number of rotatable bonds is 8. The van der Waals surface area contributed by atoms with Crippen molar-refractivity contribution in [1.29, 1.82) is 0 Å². The first kappa shape index (κ1) is 29.2. The number of thiophene rings is 1. The summed E-state index contributed by atoms with van der Waals surface area (Å²) in [5.74, 6) is -1.41. The molecule has 0 spiro atoms. The molecule has 0 saturated heterocycles. The number of amides is 1. The first-order valence-corrected chi connectivity index (χ1v) is 15.6. The van der Waals surface area contributed by atoms with E-state index < -0.39 is 36.7 Å². The van der Waals surface area contributed by atoms with E-state index in [0.717, 1.165) is 22.3 Å². The smallest absolute Gasteiger partial charge is 0.408 e. The molecule has 2 aromatic carbocycles. The maximum atomic E-state index is 14.3. The van der Waals surface area contributed by atoms with Gasteiger partial charge in [0.15, 0.2) is 5.78 Å². The third-order valence-electron chi connectivity index (χ3n) is 6.83. The van der Waals surface area contributed by atoms with E-state index >= 15 is 0 Å². The number of fused-ring (bicyclic) bond motifs is 3. The number of hydrogen-bond donors (Lipinski definition) is 2. The minimum absolute atomic E-state index is 0.0572. The van der Waals surface area contributed by atoms with Gasteiger partial charge >= 0.3 is 13.7 Å². The van der Waals surface area contributed by atoms with Gasteiger partial charge in [-0.05, 0) is 63.1 Å². The number of aliphatic imine (C=N–C) groups is 1. The van der Waals surface area contributed by atoms with Crippen LogP contribution in [0.15, 0.2) is 71.0 Å². The Morgan fingerprint density at radius 1 is 0.923 bits per heavy atom. The number of ether oxygens (including phenoxy) is 1. The van der Waals surface area contributed by atoms with Gasteiger partial charge in [-0.1, -0.05) is 68.4 Å². The molecule has 3 unspecified atom stereocenters. The van der Waals surface area contributed by atoms with Crippen LogP contribution in [0.2, 0.25) is 0 Å². The number of hydrogen-bond acceptors (Lipinski definition) is 6. The molecule has 1 aliphatic carbocycles. The van der Waals surface area contributed by atoms with Gasteiger partial charge in [0, 0.05) is 16.0 Å². The first-order chi connectivity index (χ1) is 18.2. The largest absolute Gasteiger partial charge is 0.444 e. The molecule has 0 saturated carbocycles. The third kappa shape index (κ3) is 6.52. The van der Waals surface area contributed by atoms with Crippen molar-refractivity contribution in [2.45, 2.75) is 71.5 Å². The average Bonchev–Trinajstić information content (AvgIpc) is 3.46. The molecule has 208 valence electrons. The molecule has 1 heterocycles. The maximum Gasteiger partial charge on any atom is 0.408 e. The Hall–Kier alpha value is -2.77. The fourth-order valence-electron chi connectivity index (χ4n) is 4.29. The van der Waals surface area contributed by atoms with Crippen LogP contribution in [-0.2, 0) is 13.8 Å². The van der Waals surface area contributed by atoms with Gasteiger partial charge in [0.05, 0.1) is 11.3 Å². The highest BCUT2D eigenvalue weighted by atomic mass is 32.1. The van der Waals surface area contributed by atoms with Crippen LogP contribution in [0.5, 0.6) is 0 Å². The van der Waals surface area contributed by atoms with E-state index in [1.807, 2.05) is 79.9 Å². The van der Waals surface area contributed by atoms with E-state index in [2.05, 4.69) is 5.32 Å². The SMILES string of the molecule is CC(C)C(C)(C)OP(=O)(O)C(N=C1c2ccccc2-c2ccccc21)C(NC(=O)OC(C)(C)C)c1cccs1. The topological polar surface area (TPSA) is 97.2 Å². The zero-order valence-electron chi connectivity index (χ0n) is 23.5. The van der Waals surface area contributed by atoms with Crippen LogP contribution in [0.3, 0.4) is 0 Å². The Balaban J connectivity index is 1.90. The monoisotopic (exact) mass is 568 g/mol. The van der Waals surface area contributed by atoms with Crippen LogP contribution in [0.1, 0.15) is 70.5 Å². The number of benzene rings is 2. The van der Waals surface area contributed by atoms with E-state index in [9.17, 15) is 14.3 Å². The minimum Gasteiger partial charge on any atom is -0.444 e. The fraction of sp³-hybridized carbons (Fsp3) is 0.400. The van der Waals surface area contributed by atoms with E-state index in [4.69, 9.17) is 14.3 Å². The molecule has 0 fully saturated rings. The van der Waals surface area contributed by atoms with Crippen molar-refractivity contribution in [3.63, 3.8) is 0 Å². The molecule has 9 heteroatoms. The lowest BCUT2D eigenvalue weighted by molar-refractivity contribution is 0.0419. The second kappa shape index (κ2) is 11.0. The highest BCUT2D eigenvalue weighted by molar-refractivity contribution is 7.53. The molecule has 1 amide bonds. The average molecular weight is 569 g/mol. The van der Waals surface area contributed by atoms with Crippen LogP contribution in [-0.4, -0.2) is 33.7 Å². The van der Waals surface area contributed by atoms with Crippen molar-refractivity contribution in [3.8, 4) is 11.1 Å². The van der Waals surface area contributed by atoms with E-state index in [1.165, 1.54) is 11.3 Å². The van der Waals surface area contributed by atoms with Gasteiger partial charge in [-0.15, -0.1) is 11.3 Å². The zero-order chi connectivity index (χ0) is 28.6. The van der Waals surface area contributed by atoms with Gasteiger partial charge in [0.1, 0.15) is 11.6 Å². The number of carbonyl (C=O) groups excluding carboxylic acids is 1. The number of nitrogens with one attached hydrogen (secondary N) is 1. The summed E-state index contributed by atoms with van der Waals surface area (Å²) in [6.07, 6.45) is -0.707. The van der Waals surface area contributed by atoms with Gasteiger partial charge in [-0.25, -0.2) is 4.79 Å². The highest BCUT2D eigenvalue weighted by Crippen LogP contribution is 2.57. The quantitative estimate of drug-likeness (QED) is 0.211. The molecule has 2 N–H and O–H groups in total. The standard InChI is InChI=1S/C30H37N2O5PS/c1-19(2)30(6,7)37-38(34,35)27(26(24-17-12-18-39-24)32-28(33)36-29(3,4)5)31-25-22-15-10-8-13-20(22)21-14-9-11-16-23(21)25/h8-19,26-27H,1-7H3,(H,32,33)(H,34,35). The lowest BCUT2D eigenvalue weighted by Gasteiger charge is -2.36. The number of carbonyl (C=O) groups is 1. The molecule has 0 bridgehead atoms. The van der Waals surface area contributed by atoms with Crippen LogP contribution >= 0.6 is 18.9 Å². The Bertz CT molecular complexity index is 1360. The summed E-state index contributed by atoms with van der Waals surface area (Å²) in [5.41, 5.74) is 2.60. The van der Waals surface area contributed by atoms with E-state index in [1.54, 1.807) is 34.6 Å². The summed E-state index contributed by atoms with van der Waals surface area (Å²) < 4.78 is 25.8. The lowest BCUT2D eigenvalue weighted by atomic mass is 9.95. The summed E-state index contributed by atoms with van der Waals surface area (Å²) in [4.78, 5) is 30.4. The van der Waals surface area contributed by atoms with Crippen molar-refractivity contribution < 1.29 is 23.5 Å². The first-order valence-electron chi connectivity index (χ1n) is 13.0. The normalized spacial score (nSPS) is 16.2. The second-order valence-electron chi connectivity index (χ2n) is 11.5. The molecular weight excluding hydrogens is 531 g/mol. The molecular formula is C30H37N2O5PS. The van der Waals surface area contributed by atoms with Gasteiger partial charge in [0.25, 0.3) is 0 Å². The Morgan fingerprint density at radius 2 is 1.46 bits per heavy atom. The summed E-state index contributed by atoms with van der Waals surface area (Å²) in [5, 5.41) is 4.70. The third-order valence-corrected chi connectivity index (χ3v) is 9.60. The van der Waals surface area contributed by atoms with Gasteiger partial charge < -0.3 is 19.5 Å². The molecule has 4 rings (SSSR count). The van der Waals surface area contributed by atoms with Crippen molar-refractivity contribution in [2.24, 2.45) is 10.9 Å². The van der Waals surface area contributed by atoms with Crippen molar-refractivity contribution >= 4 is 30.7 Å². The van der Waals surface area contributed by atoms with E-state index in [-0.39, 0.29) is 5.92 Å². The van der Waals surface area contributed by atoms with Crippen molar-refractivity contribution in [1.82, 2.24) is 5.32 Å². The summed E-state index contributed by atoms with van der Waals surface area (Å²) in [6.45, 7) is 12.7. The van der Waals surface area contributed by atoms with Crippen LogP contribution in [0.25, 0.3) is 11.1 Å². The lowest BCUT2D eigenvalue weighted by Crippen LogP contribution is -2.40. The van der Waals surface area contributed by atoms with Gasteiger partial charge in [-0.3, -0.25) is 9.56 Å². The molecule has 7 nitrogen and oxygen atoms in total. The van der Waals surface area contributed by atoms with Crippen LogP contribution in [0.4, 0.5) is 4.79 Å². The van der Waals surface area contributed by atoms with Crippen LogP contribution in [0, 0.1) is 5.92 Å². The predicted molar refractivity (Wildman–Crippen MR) is 158 cm³/mol. The fourth-order valence-corrected chi connectivity index (χ4v) is 7.07. The summed E-state index contributed by atoms with van der Waals surface area (Å²) in [6, 6.07) is 18.3. The van der Waals surface area contributed by atoms with Crippen LogP contribution < -0.4 is 5.32 Å². The highest BCUT2D eigenvalue weighted by Gasteiger charge is 2.46. The molecule has 3 aromatic rings. The van der Waals surface area contributed by atoms with Crippen molar-refractivity contribution in [2.75, 3.05) is 0 Å². The Morgan fingerprint density at radius 3 is 1.92 bits per heavy atom. The molecule has 0 radical (unpaired) electrons. The number of alkyl carbamates (subject to hydrolysis) is 1. The second-order valence-corrected chi connectivity index (χ2v) is 14.4. The Labute approximate surface area is 234 Å². The zero-order valence-corrected chi connectivity index (χ0v) is 25.2. The molecule has 1 aliphatic rings. The minimum atomic E-state index is -4.51. The number of nitrogens with zero attached hydrogens (tertiary/aromatic N) is 1. The molecule has 0 aliphatic heterocycles. The molecule has 1 aromatic heterocycles. The maximum absolute atomic E-state index is 14.3. The molecule has 39 heavy (non-hydrogen) atoms. The van der Waals surface area contributed by atoms with Gasteiger partial charge in [-0.2, -0.15) is 0 Å². The van der Waals surface area contributed by atoms with E-state index in [0.29, 0.717) is 10.6 Å². The van der Waals surface area contributed by atoms with Gasteiger partial charge in [0.2, 0.25) is 0 Å². The predicted octanol–water partition coefficient (Wildman–Crippen LogP) is 7.79. The molecule has 3 atom stereocenters. The summed E-state index contributed by atoms with van der Waals surface area (Å²) >= 11 is 1.36.